The lowest BCUT2D eigenvalue weighted by molar-refractivity contribution is -0.184. The fourth-order valence-corrected chi connectivity index (χ4v) is 6.27. The minimum Gasteiger partial charge on any atom is -0.462 e. The van der Waals surface area contributed by atoms with Gasteiger partial charge in [0.15, 0.2) is 6.29 Å². The Morgan fingerprint density at radius 3 is 2.22 bits per heavy atom. The lowest BCUT2D eigenvalue weighted by Crippen LogP contribution is -2.34. The number of epoxide rings is 2. The van der Waals surface area contributed by atoms with Crippen LogP contribution in [0, 0.1) is 17.8 Å². The molecule has 3 aliphatic carbocycles. The van der Waals surface area contributed by atoms with Gasteiger partial charge in [0.2, 0.25) is 0 Å². The van der Waals surface area contributed by atoms with Crippen LogP contribution in [0.3, 0.4) is 0 Å². The molecule has 2 heterocycles. The van der Waals surface area contributed by atoms with Gasteiger partial charge >= 0.3 is 5.97 Å². The van der Waals surface area contributed by atoms with Gasteiger partial charge in [-0.2, -0.15) is 0 Å². The molecule has 0 aromatic rings. The molecule has 0 bridgehead atoms. The molecule has 0 spiro atoms. The molecule has 0 aromatic carbocycles. The van der Waals surface area contributed by atoms with Crippen molar-refractivity contribution in [2.75, 3.05) is 13.2 Å². The molecular formula is C26H42O6. The quantitative estimate of drug-likeness (QED) is 0.271. The predicted molar refractivity (Wildman–Crippen MR) is 119 cm³/mol. The number of esters is 1. The van der Waals surface area contributed by atoms with Gasteiger partial charge in [-0.1, -0.05) is 13.3 Å². The molecule has 0 radical (unpaired) electrons. The van der Waals surface area contributed by atoms with Crippen molar-refractivity contribution >= 4 is 5.97 Å². The summed E-state index contributed by atoms with van der Waals surface area (Å²) in [5.41, 5.74) is 0. The summed E-state index contributed by atoms with van der Waals surface area (Å²) in [4.78, 5) is 12.6. The number of carbonyl (C=O) groups excluding carboxylic acids is 1. The topological polar surface area (TPSA) is 69.8 Å². The number of fused-ring (bicyclic) bond motifs is 1. The van der Waals surface area contributed by atoms with Gasteiger partial charge in [0.25, 0.3) is 0 Å². The fourth-order valence-electron chi connectivity index (χ4n) is 6.27. The van der Waals surface area contributed by atoms with Crippen LogP contribution >= 0.6 is 0 Å². The van der Waals surface area contributed by atoms with Crippen LogP contribution in [-0.4, -0.2) is 56.0 Å². The first-order chi connectivity index (χ1) is 15.7. The van der Waals surface area contributed by atoms with Crippen molar-refractivity contribution in [1.82, 2.24) is 0 Å². The Morgan fingerprint density at radius 2 is 1.59 bits per heavy atom. The normalized spacial score (nSPS) is 42.0. The Balaban J connectivity index is 0.983. The Hall–Kier alpha value is -0.690. The Morgan fingerprint density at radius 1 is 0.906 bits per heavy atom. The van der Waals surface area contributed by atoms with E-state index in [1.54, 1.807) is 0 Å². The highest BCUT2D eigenvalue weighted by Gasteiger charge is 2.46. The van der Waals surface area contributed by atoms with Gasteiger partial charge in [0, 0.05) is 0 Å². The van der Waals surface area contributed by atoms with Crippen LogP contribution in [0.2, 0.25) is 0 Å². The van der Waals surface area contributed by atoms with Gasteiger partial charge in [-0.05, 0) is 88.9 Å². The number of rotatable bonds is 10. The van der Waals surface area contributed by atoms with Crippen LogP contribution in [0.5, 0.6) is 0 Å². The third-order valence-electron chi connectivity index (χ3n) is 8.46. The van der Waals surface area contributed by atoms with Gasteiger partial charge in [0.05, 0.1) is 37.4 Å². The van der Waals surface area contributed by atoms with Gasteiger partial charge in [-0.25, -0.2) is 0 Å². The fraction of sp³-hybridized carbons (Fsp3) is 0.962. The maximum atomic E-state index is 12.6. The van der Waals surface area contributed by atoms with Crippen LogP contribution < -0.4 is 0 Å². The third-order valence-corrected chi connectivity index (χ3v) is 8.46. The maximum absolute atomic E-state index is 12.6. The first-order valence-electron chi connectivity index (χ1n) is 13.4. The van der Waals surface area contributed by atoms with Crippen LogP contribution in [0.15, 0.2) is 0 Å². The summed E-state index contributed by atoms with van der Waals surface area (Å²) in [6.45, 7) is 3.69. The summed E-state index contributed by atoms with van der Waals surface area (Å²) in [5, 5.41) is 0. The second kappa shape index (κ2) is 10.7. The van der Waals surface area contributed by atoms with Crippen molar-refractivity contribution in [3.8, 4) is 0 Å². The van der Waals surface area contributed by atoms with E-state index in [1.165, 1.54) is 25.7 Å². The summed E-state index contributed by atoms with van der Waals surface area (Å²) in [6.07, 6.45) is 15.7. The molecule has 5 aliphatic rings. The zero-order valence-electron chi connectivity index (χ0n) is 19.8. The Bertz CT molecular complexity index is 605. The van der Waals surface area contributed by atoms with Crippen molar-refractivity contribution in [3.63, 3.8) is 0 Å². The minimum atomic E-state index is -0.0719. The van der Waals surface area contributed by atoms with Crippen LogP contribution in [0.4, 0.5) is 0 Å². The van der Waals surface area contributed by atoms with Crippen molar-refractivity contribution in [2.24, 2.45) is 17.8 Å². The van der Waals surface area contributed by atoms with E-state index in [0.717, 1.165) is 76.2 Å². The molecule has 6 heteroatoms. The molecule has 2 saturated heterocycles. The smallest absolute Gasteiger partial charge is 0.309 e. The van der Waals surface area contributed by atoms with E-state index in [2.05, 4.69) is 6.92 Å². The average molecular weight is 451 g/mol. The van der Waals surface area contributed by atoms with Crippen LogP contribution in [0.25, 0.3) is 0 Å². The number of hydrogen-bond donors (Lipinski definition) is 0. The average Bonchev–Trinajstić information content (AvgIpc) is 3.73. The first-order valence-corrected chi connectivity index (χ1v) is 13.4. The molecule has 3 saturated carbocycles. The molecule has 5 rings (SSSR count). The summed E-state index contributed by atoms with van der Waals surface area (Å²) in [6, 6.07) is 0. The zero-order chi connectivity index (χ0) is 21.9. The van der Waals surface area contributed by atoms with E-state index < -0.39 is 0 Å². The lowest BCUT2D eigenvalue weighted by Gasteiger charge is -2.38. The third kappa shape index (κ3) is 6.25. The number of carbonyl (C=O) groups is 1. The molecule has 182 valence electrons. The first kappa shape index (κ1) is 23.1. The van der Waals surface area contributed by atoms with Gasteiger partial charge in [-0.15, -0.1) is 0 Å². The molecular weight excluding hydrogens is 408 g/mol. The van der Waals surface area contributed by atoms with Crippen molar-refractivity contribution < 1.29 is 28.5 Å². The largest absolute Gasteiger partial charge is 0.462 e. The second-order valence-corrected chi connectivity index (χ2v) is 10.9. The highest BCUT2D eigenvalue weighted by molar-refractivity contribution is 5.73. The monoisotopic (exact) mass is 450 g/mol. The lowest BCUT2D eigenvalue weighted by atomic mass is 9.72. The molecule has 32 heavy (non-hydrogen) atoms. The van der Waals surface area contributed by atoms with E-state index in [9.17, 15) is 4.79 Å². The van der Waals surface area contributed by atoms with Gasteiger partial charge < -0.3 is 23.7 Å². The standard InChI is InChI=1S/C26H42O6/c1-2-3-25(29-16-22-15-28-22)30-20-9-4-17(5-10-20)18-6-11-21(12-7-18)31-26(27)19-8-13-23-24(14-19)32-23/h17-25H,2-16H2,1H3. The van der Waals surface area contributed by atoms with E-state index in [1.807, 2.05) is 0 Å². The van der Waals surface area contributed by atoms with Crippen molar-refractivity contribution in [2.45, 2.75) is 127 Å². The summed E-state index contributed by atoms with van der Waals surface area (Å²) in [7, 11) is 0. The molecule has 5 fully saturated rings. The van der Waals surface area contributed by atoms with Gasteiger partial charge in [-0.3, -0.25) is 4.79 Å². The van der Waals surface area contributed by atoms with E-state index in [-0.39, 0.29) is 24.3 Å². The molecule has 5 unspecified atom stereocenters. The van der Waals surface area contributed by atoms with Crippen LogP contribution in [-0.2, 0) is 28.5 Å². The highest BCUT2D eigenvalue weighted by Crippen LogP contribution is 2.42. The van der Waals surface area contributed by atoms with E-state index in [4.69, 9.17) is 23.7 Å². The SMILES string of the molecule is CCCC(OCC1CO1)OC1CCC(C2CCC(OC(=O)C3CCC4OC4C3)CC2)CC1. The number of ether oxygens (including phenoxy) is 5. The highest BCUT2D eigenvalue weighted by atomic mass is 16.7. The molecule has 6 nitrogen and oxygen atoms in total. The minimum absolute atomic E-state index is 0.0390. The molecule has 2 aliphatic heterocycles. The Labute approximate surface area is 193 Å². The van der Waals surface area contributed by atoms with Crippen molar-refractivity contribution in [1.29, 1.82) is 0 Å². The molecule has 0 N–H and O–H groups in total. The summed E-state index contributed by atoms with van der Waals surface area (Å²) >= 11 is 0. The predicted octanol–water partition coefficient (Wildman–Crippen LogP) is 4.77. The zero-order valence-corrected chi connectivity index (χ0v) is 19.8. The molecule has 0 aromatic heterocycles. The number of hydrogen-bond acceptors (Lipinski definition) is 6. The summed E-state index contributed by atoms with van der Waals surface area (Å²) in [5.74, 6) is 1.70. The maximum Gasteiger partial charge on any atom is 0.309 e. The summed E-state index contributed by atoms with van der Waals surface area (Å²) < 4.78 is 29.0. The van der Waals surface area contributed by atoms with Crippen LogP contribution in [0.1, 0.15) is 90.4 Å². The Kier molecular flexibility index (Phi) is 7.72. The second-order valence-electron chi connectivity index (χ2n) is 10.9. The molecule has 0 amide bonds. The van der Waals surface area contributed by atoms with Crippen molar-refractivity contribution in [3.05, 3.63) is 0 Å². The van der Waals surface area contributed by atoms with E-state index >= 15 is 0 Å². The van der Waals surface area contributed by atoms with E-state index in [0.29, 0.717) is 31.0 Å². The molecule has 5 atom stereocenters. The van der Waals surface area contributed by atoms with Gasteiger partial charge in [0.1, 0.15) is 12.2 Å².